The summed E-state index contributed by atoms with van der Waals surface area (Å²) in [7, 11) is 0. The molecular weight excluding hydrogens is 322 g/mol. The van der Waals surface area contributed by atoms with Gasteiger partial charge in [0.1, 0.15) is 6.10 Å². The minimum absolute atomic E-state index is 0.129. The predicted octanol–water partition coefficient (Wildman–Crippen LogP) is 2.38. The van der Waals surface area contributed by atoms with Crippen LogP contribution in [0.1, 0.15) is 34.0 Å². The fraction of sp³-hybridized carbons (Fsp3) is 0.263. The summed E-state index contributed by atoms with van der Waals surface area (Å²) in [6.45, 7) is 0.748. The fourth-order valence-corrected chi connectivity index (χ4v) is 3.05. The maximum absolute atomic E-state index is 12.1. The summed E-state index contributed by atoms with van der Waals surface area (Å²) in [6, 6.07) is 12.9. The molecule has 6 nitrogen and oxygen atoms in total. The van der Waals surface area contributed by atoms with Gasteiger partial charge in [0, 0.05) is 12.1 Å². The van der Waals surface area contributed by atoms with Gasteiger partial charge >= 0.3 is 5.97 Å². The van der Waals surface area contributed by atoms with Gasteiger partial charge in [-0.2, -0.15) is 0 Å². The van der Waals surface area contributed by atoms with E-state index in [1.54, 1.807) is 12.1 Å². The van der Waals surface area contributed by atoms with Crippen molar-refractivity contribution in [2.24, 2.45) is 0 Å². The molecule has 128 valence electrons. The number of ether oxygens (including phenoxy) is 3. The first-order chi connectivity index (χ1) is 12.2. The average Bonchev–Trinajstić information content (AvgIpc) is 3.20. The highest BCUT2D eigenvalue weighted by Crippen LogP contribution is 2.33. The topological polar surface area (TPSA) is 73.9 Å². The number of nitrogens with one attached hydrogen (secondary N) is 1. The van der Waals surface area contributed by atoms with Crippen LogP contribution in [0.5, 0.6) is 11.5 Å². The summed E-state index contributed by atoms with van der Waals surface area (Å²) in [5, 5.41) is 2.87. The number of benzene rings is 2. The molecule has 0 fully saturated rings. The number of amides is 1. The van der Waals surface area contributed by atoms with Gasteiger partial charge in [-0.15, -0.1) is 0 Å². The summed E-state index contributed by atoms with van der Waals surface area (Å²) < 4.78 is 15.9. The van der Waals surface area contributed by atoms with E-state index in [1.807, 2.05) is 30.3 Å². The first-order valence-electron chi connectivity index (χ1n) is 8.16. The van der Waals surface area contributed by atoms with Gasteiger partial charge in [-0.3, -0.25) is 4.79 Å². The van der Waals surface area contributed by atoms with Gasteiger partial charge in [0.2, 0.25) is 12.7 Å². The van der Waals surface area contributed by atoms with Crippen molar-refractivity contribution >= 4 is 11.9 Å². The van der Waals surface area contributed by atoms with Crippen molar-refractivity contribution in [3.63, 3.8) is 0 Å². The molecule has 1 amide bonds. The van der Waals surface area contributed by atoms with Crippen LogP contribution < -0.4 is 14.8 Å². The molecule has 0 saturated heterocycles. The van der Waals surface area contributed by atoms with Crippen LogP contribution in [0.2, 0.25) is 0 Å². The Kier molecular flexibility index (Phi) is 4.01. The Labute approximate surface area is 144 Å². The van der Waals surface area contributed by atoms with Crippen LogP contribution in [-0.2, 0) is 16.0 Å². The molecule has 0 unspecified atom stereocenters. The minimum atomic E-state index is -0.505. The zero-order valence-electron chi connectivity index (χ0n) is 13.5. The van der Waals surface area contributed by atoms with Crippen LogP contribution in [0, 0.1) is 0 Å². The number of hydrogen-bond donors (Lipinski definition) is 1. The second-order valence-corrected chi connectivity index (χ2v) is 5.97. The molecule has 2 heterocycles. The molecule has 2 aromatic rings. The third kappa shape index (κ3) is 3.15. The van der Waals surface area contributed by atoms with E-state index in [1.165, 1.54) is 0 Å². The molecule has 2 aliphatic heterocycles. The van der Waals surface area contributed by atoms with E-state index in [4.69, 9.17) is 14.2 Å². The Morgan fingerprint density at radius 1 is 1.12 bits per heavy atom. The Hall–Kier alpha value is -3.02. The van der Waals surface area contributed by atoms with Gasteiger partial charge in [-0.05, 0) is 30.2 Å². The molecule has 0 saturated carbocycles. The molecule has 1 atom stereocenters. The molecule has 0 radical (unpaired) electrons. The summed E-state index contributed by atoms with van der Waals surface area (Å²) in [5.41, 5.74) is 2.38. The fourth-order valence-electron chi connectivity index (χ4n) is 3.05. The zero-order valence-corrected chi connectivity index (χ0v) is 13.5. The monoisotopic (exact) mass is 339 g/mol. The number of carbonyl (C=O) groups is 2. The van der Waals surface area contributed by atoms with E-state index in [9.17, 15) is 9.59 Å². The van der Waals surface area contributed by atoms with Crippen molar-refractivity contribution < 1.29 is 23.8 Å². The van der Waals surface area contributed by atoms with Crippen LogP contribution in [-0.4, -0.2) is 25.2 Å². The molecular formula is C19H17NO5. The summed E-state index contributed by atoms with van der Waals surface area (Å²) >= 11 is 0. The van der Waals surface area contributed by atoms with E-state index in [-0.39, 0.29) is 25.1 Å². The maximum Gasteiger partial charge on any atom is 0.339 e. The second kappa shape index (κ2) is 6.47. The molecule has 0 spiro atoms. The van der Waals surface area contributed by atoms with Gasteiger partial charge in [0.15, 0.2) is 11.5 Å². The van der Waals surface area contributed by atoms with Gasteiger partial charge in [-0.1, -0.05) is 24.3 Å². The van der Waals surface area contributed by atoms with Crippen molar-refractivity contribution in [2.45, 2.75) is 18.9 Å². The SMILES string of the molecule is O=C(C[C@@H]1OC(=O)c2ccccc21)NCCc1ccc2c(c1)OCO2. The first-order valence-corrected chi connectivity index (χ1v) is 8.16. The molecule has 1 N–H and O–H groups in total. The smallest absolute Gasteiger partial charge is 0.339 e. The lowest BCUT2D eigenvalue weighted by Gasteiger charge is -2.11. The van der Waals surface area contributed by atoms with E-state index in [2.05, 4.69) is 5.32 Å². The molecule has 2 aliphatic rings. The Morgan fingerprint density at radius 3 is 2.88 bits per heavy atom. The zero-order chi connectivity index (χ0) is 17.2. The standard InChI is InChI=1S/C19H17NO5/c21-18(10-16-13-3-1-2-4-14(13)19(22)25-16)20-8-7-12-5-6-15-17(9-12)24-11-23-15/h1-6,9,16H,7-8,10-11H2,(H,20,21)/t16-/m0/s1. The molecule has 2 aromatic carbocycles. The third-order valence-corrected chi connectivity index (χ3v) is 4.32. The number of hydrogen-bond acceptors (Lipinski definition) is 5. The van der Waals surface area contributed by atoms with E-state index in [0.717, 1.165) is 22.6 Å². The lowest BCUT2D eigenvalue weighted by molar-refractivity contribution is -0.122. The molecule has 6 heteroatoms. The van der Waals surface area contributed by atoms with Crippen molar-refractivity contribution in [3.05, 3.63) is 59.2 Å². The first kappa shape index (κ1) is 15.5. The van der Waals surface area contributed by atoms with Gasteiger partial charge in [0.25, 0.3) is 0 Å². The van der Waals surface area contributed by atoms with Gasteiger partial charge in [0.05, 0.1) is 12.0 Å². The van der Waals surface area contributed by atoms with E-state index >= 15 is 0 Å². The van der Waals surface area contributed by atoms with Crippen LogP contribution in [0.25, 0.3) is 0 Å². The number of carbonyl (C=O) groups excluding carboxylic acids is 2. The highest BCUT2D eigenvalue weighted by Gasteiger charge is 2.31. The third-order valence-electron chi connectivity index (χ3n) is 4.32. The van der Waals surface area contributed by atoms with Gasteiger partial charge in [-0.25, -0.2) is 4.79 Å². The normalized spacial score (nSPS) is 17.1. The van der Waals surface area contributed by atoms with Crippen molar-refractivity contribution in [2.75, 3.05) is 13.3 Å². The lowest BCUT2D eigenvalue weighted by atomic mass is 10.0. The summed E-state index contributed by atoms with van der Waals surface area (Å²) in [4.78, 5) is 23.9. The summed E-state index contributed by atoms with van der Waals surface area (Å²) in [5.74, 6) is 0.969. The Balaban J connectivity index is 1.29. The molecule has 0 aromatic heterocycles. The molecule has 0 aliphatic carbocycles. The average molecular weight is 339 g/mol. The second-order valence-electron chi connectivity index (χ2n) is 5.97. The quantitative estimate of drug-likeness (QED) is 0.847. The number of fused-ring (bicyclic) bond motifs is 2. The number of rotatable bonds is 5. The number of cyclic esters (lactones) is 1. The summed E-state index contributed by atoms with van der Waals surface area (Å²) in [6.07, 6.45) is 0.307. The predicted molar refractivity (Wildman–Crippen MR) is 88.5 cm³/mol. The minimum Gasteiger partial charge on any atom is -0.454 e. The van der Waals surface area contributed by atoms with Crippen LogP contribution in [0.4, 0.5) is 0 Å². The van der Waals surface area contributed by atoms with Crippen LogP contribution in [0.3, 0.4) is 0 Å². The molecule has 25 heavy (non-hydrogen) atoms. The number of esters is 1. The Morgan fingerprint density at radius 2 is 1.96 bits per heavy atom. The van der Waals surface area contributed by atoms with E-state index < -0.39 is 6.10 Å². The van der Waals surface area contributed by atoms with Crippen molar-refractivity contribution in [3.8, 4) is 11.5 Å². The lowest BCUT2D eigenvalue weighted by Crippen LogP contribution is -2.27. The van der Waals surface area contributed by atoms with Crippen molar-refractivity contribution in [1.29, 1.82) is 0 Å². The molecule has 0 bridgehead atoms. The molecule has 4 rings (SSSR count). The highest BCUT2D eigenvalue weighted by atomic mass is 16.7. The Bertz CT molecular complexity index is 832. The van der Waals surface area contributed by atoms with Crippen LogP contribution in [0.15, 0.2) is 42.5 Å². The largest absolute Gasteiger partial charge is 0.454 e. The van der Waals surface area contributed by atoms with Gasteiger partial charge < -0.3 is 19.5 Å². The van der Waals surface area contributed by atoms with Crippen LogP contribution >= 0.6 is 0 Å². The van der Waals surface area contributed by atoms with E-state index in [0.29, 0.717) is 18.5 Å². The van der Waals surface area contributed by atoms with Crippen molar-refractivity contribution in [1.82, 2.24) is 5.32 Å². The highest BCUT2D eigenvalue weighted by molar-refractivity contribution is 5.94. The maximum atomic E-state index is 12.1.